The van der Waals surface area contributed by atoms with Crippen LogP contribution in [0.4, 0.5) is 5.69 Å². The normalized spacial score (nSPS) is 12.5. The highest BCUT2D eigenvalue weighted by Crippen LogP contribution is 2.22. The maximum atomic E-state index is 10.5. The molecule has 0 aliphatic heterocycles. The molecule has 0 saturated carbocycles. The summed E-state index contributed by atoms with van der Waals surface area (Å²) in [6.45, 7) is 1.84. The van der Waals surface area contributed by atoms with E-state index in [1.54, 1.807) is 0 Å². The molecule has 0 aromatic heterocycles. The number of benzene rings is 1. The molecule has 0 bridgehead atoms. The van der Waals surface area contributed by atoms with Crippen LogP contribution in [-0.4, -0.2) is 6.29 Å². The fourth-order valence-corrected chi connectivity index (χ4v) is 1.53. The van der Waals surface area contributed by atoms with Crippen molar-refractivity contribution in [3.05, 3.63) is 27.3 Å². The number of hydrogen-bond donors (Lipinski definition) is 1. The average molecular weight is 275 g/mol. The Labute approximate surface area is 85.3 Å². The fourth-order valence-electron chi connectivity index (χ4n) is 1.01. The number of rotatable bonds is 2. The van der Waals surface area contributed by atoms with Gasteiger partial charge in [0, 0.05) is 15.2 Å². The number of nitrogen functional groups attached to an aromatic ring is 1. The second kappa shape index (κ2) is 3.89. The summed E-state index contributed by atoms with van der Waals surface area (Å²) in [6, 6.07) is 5.70. The number of hydrogen-bond acceptors (Lipinski definition) is 2. The minimum absolute atomic E-state index is 0.111. The lowest BCUT2D eigenvalue weighted by Gasteiger charge is -2.07. The summed E-state index contributed by atoms with van der Waals surface area (Å²) in [5.74, 6) is -0.111. The summed E-state index contributed by atoms with van der Waals surface area (Å²) in [5.41, 5.74) is 7.31. The molecule has 1 atom stereocenters. The summed E-state index contributed by atoms with van der Waals surface area (Å²) in [4.78, 5) is 10.5. The van der Waals surface area contributed by atoms with Crippen LogP contribution in [0.25, 0.3) is 0 Å². The molecule has 0 radical (unpaired) electrons. The lowest BCUT2D eigenvalue weighted by Crippen LogP contribution is -2.00. The largest absolute Gasteiger partial charge is 0.398 e. The van der Waals surface area contributed by atoms with E-state index < -0.39 is 0 Å². The Bertz CT molecular complexity index is 299. The number of carbonyl (C=O) groups excluding carboxylic acids is 1. The van der Waals surface area contributed by atoms with E-state index in [1.807, 2.05) is 25.1 Å². The Morgan fingerprint density at radius 2 is 2.25 bits per heavy atom. The molecule has 2 N–H and O–H groups in total. The van der Waals surface area contributed by atoms with Gasteiger partial charge in [0.1, 0.15) is 6.29 Å². The highest BCUT2D eigenvalue weighted by molar-refractivity contribution is 14.1. The minimum atomic E-state index is -0.111. The molecular formula is C9H10INO. The zero-order valence-electron chi connectivity index (χ0n) is 6.75. The monoisotopic (exact) mass is 275 g/mol. The van der Waals surface area contributed by atoms with Gasteiger partial charge in [0.25, 0.3) is 0 Å². The molecule has 1 rings (SSSR count). The molecule has 64 valence electrons. The van der Waals surface area contributed by atoms with E-state index in [2.05, 4.69) is 22.6 Å². The van der Waals surface area contributed by atoms with Gasteiger partial charge >= 0.3 is 0 Å². The van der Waals surface area contributed by atoms with Crippen molar-refractivity contribution >= 4 is 34.6 Å². The van der Waals surface area contributed by atoms with Gasteiger partial charge in [-0.15, -0.1) is 0 Å². The highest BCUT2D eigenvalue weighted by Gasteiger charge is 2.07. The van der Waals surface area contributed by atoms with E-state index in [4.69, 9.17) is 5.73 Å². The van der Waals surface area contributed by atoms with Gasteiger partial charge in [-0.05, 0) is 46.4 Å². The quantitative estimate of drug-likeness (QED) is 0.510. The van der Waals surface area contributed by atoms with Crippen molar-refractivity contribution in [3.63, 3.8) is 0 Å². The van der Waals surface area contributed by atoms with Crippen LogP contribution < -0.4 is 5.73 Å². The zero-order valence-corrected chi connectivity index (χ0v) is 8.91. The average Bonchev–Trinajstić information content (AvgIpc) is 2.08. The van der Waals surface area contributed by atoms with Crippen LogP contribution in [0.2, 0.25) is 0 Å². The first-order valence-corrected chi connectivity index (χ1v) is 4.73. The number of anilines is 1. The fraction of sp³-hybridized carbons (Fsp3) is 0.222. The van der Waals surface area contributed by atoms with Crippen molar-refractivity contribution in [2.75, 3.05) is 5.73 Å². The molecule has 0 amide bonds. The standard InChI is InChI=1S/C9H10INO/c1-6(5-12)8-4-7(10)2-3-9(8)11/h2-6H,11H2,1H3. The third-order valence-electron chi connectivity index (χ3n) is 1.74. The van der Waals surface area contributed by atoms with Crippen molar-refractivity contribution in [3.8, 4) is 0 Å². The van der Waals surface area contributed by atoms with E-state index >= 15 is 0 Å². The molecule has 2 nitrogen and oxygen atoms in total. The molecule has 0 aliphatic rings. The van der Waals surface area contributed by atoms with E-state index in [9.17, 15) is 4.79 Å². The van der Waals surface area contributed by atoms with Crippen LogP contribution in [-0.2, 0) is 4.79 Å². The van der Waals surface area contributed by atoms with Gasteiger partial charge in [0.05, 0.1) is 0 Å². The third-order valence-corrected chi connectivity index (χ3v) is 2.41. The van der Waals surface area contributed by atoms with Crippen molar-refractivity contribution in [1.29, 1.82) is 0 Å². The third kappa shape index (κ3) is 1.97. The minimum Gasteiger partial charge on any atom is -0.398 e. The van der Waals surface area contributed by atoms with Crippen LogP contribution in [0.3, 0.4) is 0 Å². The molecule has 0 fully saturated rings. The Morgan fingerprint density at radius 1 is 1.58 bits per heavy atom. The predicted molar refractivity (Wildman–Crippen MR) is 58.1 cm³/mol. The van der Waals surface area contributed by atoms with Gasteiger partial charge in [-0.2, -0.15) is 0 Å². The first-order chi connectivity index (χ1) is 5.65. The molecule has 12 heavy (non-hydrogen) atoms. The predicted octanol–water partition coefficient (Wildman–Crippen LogP) is 2.18. The Balaban J connectivity index is 3.12. The number of halogens is 1. The lowest BCUT2D eigenvalue weighted by atomic mass is 10.0. The maximum Gasteiger partial charge on any atom is 0.127 e. The zero-order chi connectivity index (χ0) is 9.14. The van der Waals surface area contributed by atoms with Gasteiger partial charge < -0.3 is 10.5 Å². The van der Waals surface area contributed by atoms with Crippen LogP contribution in [0.1, 0.15) is 18.4 Å². The number of carbonyl (C=O) groups is 1. The second-order valence-corrected chi connectivity index (χ2v) is 3.94. The molecule has 0 saturated heterocycles. The second-order valence-electron chi connectivity index (χ2n) is 2.70. The first kappa shape index (κ1) is 9.51. The van der Waals surface area contributed by atoms with E-state index in [0.717, 1.165) is 15.4 Å². The molecular weight excluding hydrogens is 265 g/mol. The summed E-state index contributed by atoms with van der Waals surface area (Å²) < 4.78 is 1.10. The van der Waals surface area contributed by atoms with Crippen molar-refractivity contribution < 1.29 is 4.79 Å². The van der Waals surface area contributed by atoms with Gasteiger partial charge in [-0.25, -0.2) is 0 Å². The number of nitrogens with two attached hydrogens (primary N) is 1. The summed E-state index contributed by atoms with van der Waals surface area (Å²) in [5, 5.41) is 0. The van der Waals surface area contributed by atoms with E-state index in [-0.39, 0.29) is 5.92 Å². The molecule has 0 spiro atoms. The Morgan fingerprint density at radius 3 is 2.83 bits per heavy atom. The molecule has 0 aliphatic carbocycles. The van der Waals surface area contributed by atoms with Crippen LogP contribution in [0.15, 0.2) is 18.2 Å². The van der Waals surface area contributed by atoms with Crippen molar-refractivity contribution in [1.82, 2.24) is 0 Å². The summed E-state index contributed by atoms with van der Waals surface area (Å²) in [7, 11) is 0. The van der Waals surface area contributed by atoms with Gasteiger partial charge in [0.2, 0.25) is 0 Å². The summed E-state index contributed by atoms with van der Waals surface area (Å²) >= 11 is 2.20. The van der Waals surface area contributed by atoms with Crippen molar-refractivity contribution in [2.24, 2.45) is 0 Å². The maximum absolute atomic E-state index is 10.5. The van der Waals surface area contributed by atoms with E-state index in [0.29, 0.717) is 5.69 Å². The van der Waals surface area contributed by atoms with Crippen LogP contribution in [0.5, 0.6) is 0 Å². The Kier molecular flexibility index (Phi) is 3.08. The lowest BCUT2D eigenvalue weighted by molar-refractivity contribution is -0.108. The molecule has 1 unspecified atom stereocenters. The van der Waals surface area contributed by atoms with E-state index in [1.165, 1.54) is 0 Å². The van der Waals surface area contributed by atoms with Crippen molar-refractivity contribution in [2.45, 2.75) is 12.8 Å². The SMILES string of the molecule is CC(C=O)c1cc(I)ccc1N. The Hall–Kier alpha value is -0.580. The van der Waals surface area contributed by atoms with Crippen LogP contribution >= 0.6 is 22.6 Å². The molecule has 1 aromatic rings. The topological polar surface area (TPSA) is 43.1 Å². The molecule has 3 heteroatoms. The smallest absolute Gasteiger partial charge is 0.127 e. The summed E-state index contributed by atoms with van der Waals surface area (Å²) in [6.07, 6.45) is 0.905. The molecule has 0 heterocycles. The van der Waals surface area contributed by atoms with Gasteiger partial charge in [-0.3, -0.25) is 0 Å². The highest BCUT2D eigenvalue weighted by atomic mass is 127. The van der Waals surface area contributed by atoms with Gasteiger partial charge in [-0.1, -0.05) is 6.92 Å². The molecule has 1 aromatic carbocycles. The van der Waals surface area contributed by atoms with Crippen LogP contribution in [0, 0.1) is 3.57 Å². The first-order valence-electron chi connectivity index (χ1n) is 3.65. The van der Waals surface area contributed by atoms with Gasteiger partial charge in [0.15, 0.2) is 0 Å². The number of aldehydes is 1.